The summed E-state index contributed by atoms with van der Waals surface area (Å²) in [5.41, 5.74) is 0.930. The molecule has 2 heterocycles. The lowest BCUT2D eigenvalue weighted by Crippen LogP contribution is -2.04. The molecule has 0 unspecified atom stereocenters. The number of hydrogen-bond donors (Lipinski definition) is 1. The molecule has 3 rings (SSSR count). The Balaban J connectivity index is 1.72. The summed E-state index contributed by atoms with van der Waals surface area (Å²) in [5.74, 6) is 3.79. The minimum atomic E-state index is 0.530. The molecule has 2 aromatic heterocycles. The van der Waals surface area contributed by atoms with E-state index in [-0.39, 0.29) is 0 Å². The summed E-state index contributed by atoms with van der Waals surface area (Å²) in [6, 6.07) is 1.87. The highest BCUT2D eigenvalue weighted by Gasteiger charge is 2.27. The molecule has 0 spiro atoms. The number of aryl methyl sites for hydroxylation is 2. The van der Waals surface area contributed by atoms with Crippen LogP contribution in [0.2, 0.25) is 0 Å². The fraction of sp³-hybridized carbons (Fsp3) is 0.462. The quantitative estimate of drug-likeness (QED) is 0.875. The highest BCUT2D eigenvalue weighted by Crippen LogP contribution is 2.38. The maximum Gasteiger partial charge on any atom is 0.213 e. The maximum atomic E-state index is 5.53. The lowest BCUT2D eigenvalue weighted by Gasteiger charge is -2.05. The zero-order valence-electron chi connectivity index (χ0n) is 10.9. The lowest BCUT2D eigenvalue weighted by atomic mass is 10.4. The van der Waals surface area contributed by atoms with Crippen molar-refractivity contribution in [3.63, 3.8) is 0 Å². The van der Waals surface area contributed by atoms with Crippen LogP contribution in [0.4, 0.5) is 5.82 Å². The first-order valence-electron chi connectivity index (χ1n) is 6.33. The Hall–Kier alpha value is -1.43. The molecule has 0 radical (unpaired) electrons. The van der Waals surface area contributed by atoms with Crippen LogP contribution in [-0.4, -0.2) is 15.0 Å². The van der Waals surface area contributed by atoms with E-state index in [1.165, 1.54) is 12.8 Å². The van der Waals surface area contributed by atoms with Gasteiger partial charge in [0.2, 0.25) is 5.89 Å². The third-order valence-corrected chi connectivity index (χ3v) is 3.55. The van der Waals surface area contributed by atoms with Crippen molar-refractivity contribution in [1.29, 1.82) is 0 Å². The van der Waals surface area contributed by atoms with E-state index in [0.29, 0.717) is 18.4 Å². The third-order valence-electron chi connectivity index (χ3n) is 3.15. The fourth-order valence-electron chi connectivity index (χ4n) is 1.83. The van der Waals surface area contributed by atoms with Crippen LogP contribution in [-0.2, 0) is 6.54 Å². The SMILES string of the molecule is Cc1nc(CNc2cc(Br)nc(C3CC3)n2)oc1C. The fourth-order valence-corrected chi connectivity index (χ4v) is 2.23. The van der Waals surface area contributed by atoms with Gasteiger partial charge in [0.05, 0.1) is 12.2 Å². The molecule has 5 nitrogen and oxygen atoms in total. The zero-order chi connectivity index (χ0) is 13.4. The standard InChI is InChI=1S/C13H15BrN4O/c1-7-8(2)19-12(16-7)6-15-11-5-10(14)17-13(18-11)9-3-4-9/h5,9H,3-4,6H2,1-2H3,(H,15,17,18). The Labute approximate surface area is 120 Å². The van der Waals surface area contributed by atoms with Crippen LogP contribution in [0.1, 0.15) is 41.9 Å². The highest BCUT2D eigenvalue weighted by molar-refractivity contribution is 9.10. The predicted octanol–water partition coefficient (Wildman–Crippen LogP) is 3.33. The Kier molecular flexibility index (Phi) is 3.26. The van der Waals surface area contributed by atoms with E-state index in [2.05, 4.69) is 36.2 Å². The molecule has 1 N–H and O–H groups in total. The second-order valence-electron chi connectivity index (χ2n) is 4.81. The number of nitrogens with one attached hydrogen (secondary N) is 1. The third kappa shape index (κ3) is 2.94. The number of halogens is 1. The molecule has 2 aromatic rings. The summed E-state index contributed by atoms with van der Waals surface area (Å²) in [6.45, 7) is 4.38. The van der Waals surface area contributed by atoms with Crippen molar-refractivity contribution in [3.8, 4) is 0 Å². The molecule has 0 saturated heterocycles. The first-order valence-corrected chi connectivity index (χ1v) is 7.12. The summed E-state index contributed by atoms with van der Waals surface area (Å²) in [5, 5.41) is 3.23. The smallest absolute Gasteiger partial charge is 0.213 e. The molecule has 0 bridgehead atoms. The Bertz CT molecular complexity index is 587. The molecule has 1 aliphatic rings. The number of oxazole rings is 1. The van der Waals surface area contributed by atoms with Crippen molar-refractivity contribution in [3.05, 3.63) is 33.8 Å². The Morgan fingerprint density at radius 3 is 2.74 bits per heavy atom. The van der Waals surface area contributed by atoms with Gasteiger partial charge in [0.25, 0.3) is 0 Å². The van der Waals surface area contributed by atoms with Crippen molar-refractivity contribution >= 4 is 21.7 Å². The molecular formula is C13H15BrN4O. The average molecular weight is 323 g/mol. The minimum absolute atomic E-state index is 0.530. The van der Waals surface area contributed by atoms with Crippen LogP contribution in [0.15, 0.2) is 15.1 Å². The molecule has 0 amide bonds. The monoisotopic (exact) mass is 322 g/mol. The topological polar surface area (TPSA) is 63.8 Å². The summed E-state index contributed by atoms with van der Waals surface area (Å²) in [6.07, 6.45) is 2.38. The molecule has 1 aliphatic carbocycles. The van der Waals surface area contributed by atoms with Gasteiger partial charge in [-0.2, -0.15) is 0 Å². The molecule has 0 aliphatic heterocycles. The van der Waals surface area contributed by atoms with Crippen molar-refractivity contribution in [2.45, 2.75) is 39.2 Å². The summed E-state index contributed by atoms with van der Waals surface area (Å²) in [7, 11) is 0. The number of anilines is 1. The second kappa shape index (κ2) is 4.92. The lowest BCUT2D eigenvalue weighted by molar-refractivity contribution is 0.478. The van der Waals surface area contributed by atoms with E-state index < -0.39 is 0 Å². The van der Waals surface area contributed by atoms with Gasteiger partial charge in [0.1, 0.15) is 22.0 Å². The number of rotatable bonds is 4. The number of nitrogens with zero attached hydrogens (tertiary/aromatic N) is 3. The molecule has 19 heavy (non-hydrogen) atoms. The number of aromatic nitrogens is 3. The molecule has 1 fully saturated rings. The molecule has 0 atom stereocenters. The Morgan fingerprint density at radius 2 is 2.11 bits per heavy atom. The van der Waals surface area contributed by atoms with Gasteiger partial charge in [-0.05, 0) is 42.6 Å². The van der Waals surface area contributed by atoms with Gasteiger partial charge in [-0.3, -0.25) is 0 Å². The summed E-state index contributed by atoms with van der Waals surface area (Å²) < 4.78 is 6.34. The minimum Gasteiger partial charge on any atom is -0.444 e. The Morgan fingerprint density at radius 1 is 1.32 bits per heavy atom. The van der Waals surface area contributed by atoms with Crippen molar-refractivity contribution in [2.24, 2.45) is 0 Å². The van der Waals surface area contributed by atoms with E-state index >= 15 is 0 Å². The molecule has 6 heteroatoms. The first-order chi connectivity index (χ1) is 9.11. The van der Waals surface area contributed by atoms with Crippen LogP contribution < -0.4 is 5.32 Å². The van der Waals surface area contributed by atoms with E-state index in [1.807, 2.05) is 19.9 Å². The predicted molar refractivity (Wildman–Crippen MR) is 75.0 cm³/mol. The van der Waals surface area contributed by atoms with Crippen LogP contribution in [0.5, 0.6) is 0 Å². The van der Waals surface area contributed by atoms with E-state index in [0.717, 1.165) is 27.7 Å². The molecule has 100 valence electrons. The van der Waals surface area contributed by atoms with E-state index in [1.54, 1.807) is 0 Å². The first kappa shape index (κ1) is 12.6. The van der Waals surface area contributed by atoms with E-state index in [9.17, 15) is 0 Å². The van der Waals surface area contributed by atoms with Gasteiger partial charge in [0.15, 0.2) is 0 Å². The molecule has 0 aromatic carbocycles. The van der Waals surface area contributed by atoms with Gasteiger partial charge in [-0.25, -0.2) is 15.0 Å². The highest BCUT2D eigenvalue weighted by atomic mass is 79.9. The van der Waals surface area contributed by atoms with Crippen molar-refractivity contribution < 1.29 is 4.42 Å². The zero-order valence-corrected chi connectivity index (χ0v) is 12.5. The van der Waals surface area contributed by atoms with E-state index in [4.69, 9.17) is 4.42 Å². The molecule has 1 saturated carbocycles. The van der Waals surface area contributed by atoms with Gasteiger partial charge in [-0.15, -0.1) is 0 Å². The van der Waals surface area contributed by atoms with Crippen LogP contribution in [0.25, 0.3) is 0 Å². The summed E-state index contributed by atoms with van der Waals surface area (Å²) in [4.78, 5) is 13.2. The maximum absolute atomic E-state index is 5.53. The van der Waals surface area contributed by atoms with Crippen molar-refractivity contribution in [2.75, 3.05) is 5.32 Å². The summed E-state index contributed by atoms with van der Waals surface area (Å²) >= 11 is 3.42. The van der Waals surface area contributed by atoms with Crippen molar-refractivity contribution in [1.82, 2.24) is 15.0 Å². The van der Waals surface area contributed by atoms with Gasteiger partial charge in [0, 0.05) is 12.0 Å². The van der Waals surface area contributed by atoms with Crippen LogP contribution in [0.3, 0.4) is 0 Å². The van der Waals surface area contributed by atoms with Gasteiger partial charge >= 0.3 is 0 Å². The van der Waals surface area contributed by atoms with Crippen LogP contribution in [0, 0.1) is 13.8 Å². The molecular weight excluding hydrogens is 308 g/mol. The second-order valence-corrected chi connectivity index (χ2v) is 5.62. The average Bonchev–Trinajstić information content (AvgIpc) is 3.15. The van der Waals surface area contributed by atoms with Gasteiger partial charge in [-0.1, -0.05) is 0 Å². The van der Waals surface area contributed by atoms with Gasteiger partial charge < -0.3 is 9.73 Å². The number of hydrogen-bond acceptors (Lipinski definition) is 5. The normalized spacial score (nSPS) is 14.7. The van der Waals surface area contributed by atoms with Crippen LogP contribution >= 0.6 is 15.9 Å². The largest absolute Gasteiger partial charge is 0.444 e.